The molecule has 31 heavy (non-hydrogen) atoms. The number of carbonyl (C=O) groups is 1. The van der Waals surface area contributed by atoms with E-state index >= 15 is 0 Å². The number of nitriles is 1. The van der Waals surface area contributed by atoms with Crippen molar-refractivity contribution < 1.29 is 4.79 Å². The van der Waals surface area contributed by atoms with E-state index in [1.54, 1.807) is 22.7 Å². The monoisotopic (exact) mass is 443 g/mol. The fourth-order valence-corrected chi connectivity index (χ4v) is 6.29. The van der Waals surface area contributed by atoms with Gasteiger partial charge in [-0.2, -0.15) is 5.26 Å². The number of para-hydroxylation sites is 1. The van der Waals surface area contributed by atoms with E-state index in [2.05, 4.69) is 18.3 Å². The summed E-state index contributed by atoms with van der Waals surface area (Å²) in [5.41, 5.74) is 3.92. The fraction of sp³-hybridized carbons (Fsp3) is 0.240. The van der Waals surface area contributed by atoms with Gasteiger partial charge >= 0.3 is 0 Å². The van der Waals surface area contributed by atoms with Crippen LogP contribution in [0.3, 0.4) is 0 Å². The zero-order chi connectivity index (χ0) is 21.4. The van der Waals surface area contributed by atoms with E-state index in [9.17, 15) is 10.1 Å². The number of fused-ring (bicyclic) bond motifs is 2. The van der Waals surface area contributed by atoms with E-state index < -0.39 is 0 Å². The Labute approximate surface area is 189 Å². The number of nitrogens with one attached hydrogen (secondary N) is 1. The van der Waals surface area contributed by atoms with Crippen molar-refractivity contribution in [1.82, 2.24) is 4.98 Å². The summed E-state index contributed by atoms with van der Waals surface area (Å²) in [4.78, 5) is 20.4. The lowest BCUT2D eigenvalue weighted by atomic mass is 9.86. The van der Waals surface area contributed by atoms with Crippen LogP contribution in [0, 0.1) is 17.2 Å². The van der Waals surface area contributed by atoms with Crippen molar-refractivity contribution >= 4 is 44.5 Å². The second-order valence-corrected chi connectivity index (χ2v) is 9.89. The Morgan fingerprint density at radius 3 is 2.94 bits per heavy atom. The summed E-state index contributed by atoms with van der Waals surface area (Å²) in [6.07, 6.45) is 4.18. The normalized spacial score (nSPS) is 15.4. The zero-order valence-corrected chi connectivity index (χ0v) is 18.8. The van der Waals surface area contributed by atoms with Crippen molar-refractivity contribution in [1.29, 1.82) is 5.26 Å². The number of rotatable bonds is 4. The van der Waals surface area contributed by atoms with Gasteiger partial charge in [0.2, 0.25) is 0 Å². The molecule has 6 heteroatoms. The van der Waals surface area contributed by atoms with Gasteiger partial charge in [-0.25, -0.2) is 4.98 Å². The molecule has 0 bridgehead atoms. The molecular formula is C25H21N3OS2. The Hall–Kier alpha value is -3.01. The molecule has 4 aromatic rings. The van der Waals surface area contributed by atoms with Crippen LogP contribution in [0.2, 0.25) is 0 Å². The summed E-state index contributed by atoms with van der Waals surface area (Å²) in [6.45, 7) is 2.22. The molecule has 3 aromatic heterocycles. The molecule has 0 saturated heterocycles. The summed E-state index contributed by atoms with van der Waals surface area (Å²) >= 11 is 3.17. The van der Waals surface area contributed by atoms with Crippen LogP contribution in [-0.4, -0.2) is 10.9 Å². The van der Waals surface area contributed by atoms with Crippen molar-refractivity contribution in [2.75, 3.05) is 5.32 Å². The van der Waals surface area contributed by atoms with E-state index in [0.29, 0.717) is 22.0 Å². The van der Waals surface area contributed by atoms with Crippen LogP contribution < -0.4 is 5.32 Å². The molecule has 0 saturated carbocycles. The zero-order valence-electron chi connectivity index (χ0n) is 17.1. The highest BCUT2D eigenvalue weighted by Gasteiger charge is 2.26. The van der Waals surface area contributed by atoms with Gasteiger partial charge in [-0.05, 0) is 54.3 Å². The minimum atomic E-state index is -0.196. The van der Waals surface area contributed by atoms with Crippen molar-refractivity contribution in [3.8, 4) is 16.6 Å². The Kier molecular flexibility index (Phi) is 5.31. The van der Waals surface area contributed by atoms with Crippen LogP contribution in [0.5, 0.6) is 0 Å². The second kappa shape index (κ2) is 8.26. The van der Waals surface area contributed by atoms with E-state index in [1.165, 1.54) is 4.88 Å². The highest BCUT2D eigenvalue weighted by molar-refractivity contribution is 7.16. The first-order valence-corrected chi connectivity index (χ1v) is 12.2. The van der Waals surface area contributed by atoms with Crippen LogP contribution in [0.4, 0.5) is 5.00 Å². The van der Waals surface area contributed by atoms with Crippen LogP contribution in [0.15, 0.2) is 47.8 Å². The Morgan fingerprint density at radius 1 is 1.29 bits per heavy atom. The fourth-order valence-electron chi connectivity index (χ4n) is 4.29. The Morgan fingerprint density at radius 2 is 2.16 bits per heavy atom. The molecule has 4 nitrogen and oxygen atoms in total. The Balaban J connectivity index is 1.55. The van der Waals surface area contributed by atoms with E-state index in [0.717, 1.165) is 52.7 Å². The molecule has 0 aliphatic heterocycles. The molecule has 1 aliphatic rings. The Bertz CT molecular complexity index is 1310. The van der Waals surface area contributed by atoms with Crippen LogP contribution in [0.25, 0.3) is 21.5 Å². The molecule has 0 radical (unpaired) electrons. The first-order valence-electron chi connectivity index (χ1n) is 10.5. The maximum absolute atomic E-state index is 13.4. The minimum absolute atomic E-state index is 0.196. The molecule has 1 atom stereocenters. The van der Waals surface area contributed by atoms with Gasteiger partial charge in [0.15, 0.2) is 0 Å². The van der Waals surface area contributed by atoms with E-state index in [-0.39, 0.29) is 5.91 Å². The minimum Gasteiger partial charge on any atom is -0.312 e. The third-order valence-electron chi connectivity index (χ3n) is 6.02. The number of hydrogen-bond acceptors (Lipinski definition) is 5. The second-order valence-electron chi connectivity index (χ2n) is 7.84. The number of hydrogen-bond donors (Lipinski definition) is 1. The van der Waals surface area contributed by atoms with Gasteiger partial charge in [-0.1, -0.05) is 37.6 Å². The summed E-state index contributed by atoms with van der Waals surface area (Å²) < 4.78 is 0. The summed E-state index contributed by atoms with van der Waals surface area (Å²) in [5, 5.41) is 16.4. The van der Waals surface area contributed by atoms with Crippen molar-refractivity contribution in [2.24, 2.45) is 5.92 Å². The first-order chi connectivity index (χ1) is 15.2. The van der Waals surface area contributed by atoms with Crippen LogP contribution in [-0.2, 0) is 12.8 Å². The molecule has 1 unspecified atom stereocenters. The molecule has 3 heterocycles. The van der Waals surface area contributed by atoms with Crippen LogP contribution >= 0.6 is 22.7 Å². The molecule has 0 fully saturated rings. The highest BCUT2D eigenvalue weighted by atomic mass is 32.1. The number of carbonyl (C=O) groups excluding carboxylic acids is 1. The van der Waals surface area contributed by atoms with Crippen molar-refractivity contribution in [3.63, 3.8) is 0 Å². The number of aromatic nitrogens is 1. The van der Waals surface area contributed by atoms with Crippen LogP contribution in [0.1, 0.15) is 46.1 Å². The maximum Gasteiger partial charge on any atom is 0.257 e. The van der Waals surface area contributed by atoms with Gasteiger partial charge < -0.3 is 5.32 Å². The molecule has 1 aromatic carbocycles. The van der Waals surface area contributed by atoms with Gasteiger partial charge in [0.05, 0.1) is 27.2 Å². The molecule has 5 rings (SSSR count). The van der Waals surface area contributed by atoms with Gasteiger partial charge in [0.25, 0.3) is 5.91 Å². The largest absolute Gasteiger partial charge is 0.312 e. The average Bonchev–Trinajstić information content (AvgIpc) is 3.45. The quantitative estimate of drug-likeness (QED) is 0.383. The SMILES string of the molecule is CCC1CCc2c(sc(NC(=O)c3cc(-c4cccs4)nc4ccccc34)c2C#N)C1. The average molecular weight is 444 g/mol. The molecule has 1 amide bonds. The number of amides is 1. The predicted octanol–water partition coefficient (Wildman–Crippen LogP) is 6.66. The lowest BCUT2D eigenvalue weighted by molar-refractivity contribution is 0.102. The number of pyridine rings is 1. The third kappa shape index (κ3) is 3.65. The first kappa shape index (κ1) is 19.9. The molecule has 0 spiro atoms. The predicted molar refractivity (Wildman–Crippen MR) is 128 cm³/mol. The smallest absolute Gasteiger partial charge is 0.257 e. The number of benzene rings is 1. The molecule has 1 aliphatic carbocycles. The van der Waals surface area contributed by atoms with Gasteiger partial charge in [0, 0.05) is 10.3 Å². The van der Waals surface area contributed by atoms with Gasteiger partial charge in [0.1, 0.15) is 11.1 Å². The van der Waals surface area contributed by atoms with Crippen molar-refractivity contribution in [2.45, 2.75) is 32.6 Å². The lowest BCUT2D eigenvalue weighted by Crippen LogP contribution is -2.13. The van der Waals surface area contributed by atoms with E-state index in [4.69, 9.17) is 4.98 Å². The van der Waals surface area contributed by atoms with Crippen molar-refractivity contribution in [3.05, 3.63) is 69.4 Å². The molecule has 154 valence electrons. The van der Waals surface area contributed by atoms with Gasteiger partial charge in [-0.15, -0.1) is 22.7 Å². The van der Waals surface area contributed by atoms with Gasteiger partial charge in [-0.3, -0.25) is 4.79 Å². The maximum atomic E-state index is 13.4. The summed E-state index contributed by atoms with van der Waals surface area (Å²) in [6, 6.07) is 15.9. The number of anilines is 1. The standard InChI is InChI=1S/C25H21N3OS2/c1-2-15-9-10-17-19(14-26)25(31-23(17)12-15)28-24(29)18-13-21(22-8-5-11-30-22)27-20-7-4-3-6-16(18)20/h3-8,11,13,15H,2,9-10,12H2,1H3,(H,28,29). The number of nitrogens with zero attached hydrogens (tertiary/aromatic N) is 2. The lowest BCUT2D eigenvalue weighted by Gasteiger charge is -2.20. The summed E-state index contributed by atoms with van der Waals surface area (Å²) in [5.74, 6) is 0.470. The third-order valence-corrected chi connectivity index (χ3v) is 8.08. The summed E-state index contributed by atoms with van der Waals surface area (Å²) in [7, 11) is 0. The molecular weight excluding hydrogens is 422 g/mol. The highest BCUT2D eigenvalue weighted by Crippen LogP contribution is 2.40. The topological polar surface area (TPSA) is 65.8 Å². The van der Waals surface area contributed by atoms with E-state index in [1.807, 2.05) is 47.8 Å². The molecule has 1 N–H and O–H groups in total. The number of thiophene rings is 2.